The molecule has 1 atom stereocenters. The van der Waals surface area contributed by atoms with E-state index in [2.05, 4.69) is 17.3 Å². The quantitative estimate of drug-likeness (QED) is 0.936. The van der Waals surface area contributed by atoms with Crippen molar-refractivity contribution in [2.45, 2.75) is 25.8 Å². The summed E-state index contributed by atoms with van der Waals surface area (Å²) >= 11 is 0. The number of aryl methyl sites for hydroxylation is 1. The van der Waals surface area contributed by atoms with Gasteiger partial charge in [0.1, 0.15) is 5.82 Å². The summed E-state index contributed by atoms with van der Waals surface area (Å²) in [4.78, 5) is 0. The molecule has 106 valence electrons. The van der Waals surface area contributed by atoms with Crippen LogP contribution in [0.4, 0.5) is 10.2 Å². The molecule has 0 bridgehead atoms. The molecule has 0 amide bonds. The molecule has 2 heterocycles. The molecule has 1 aliphatic heterocycles. The van der Waals surface area contributed by atoms with Crippen LogP contribution in [0.2, 0.25) is 0 Å². The maximum atomic E-state index is 13.9. The van der Waals surface area contributed by atoms with Crippen LogP contribution in [0.25, 0.3) is 0 Å². The van der Waals surface area contributed by atoms with Crippen molar-refractivity contribution in [1.82, 2.24) is 9.78 Å². The van der Waals surface area contributed by atoms with Crippen molar-refractivity contribution in [2.75, 3.05) is 19.0 Å². The number of rotatable bonds is 3. The predicted octanol–water partition coefficient (Wildman–Crippen LogP) is 3.00. The first-order valence-electron chi connectivity index (χ1n) is 6.88. The van der Waals surface area contributed by atoms with E-state index in [-0.39, 0.29) is 17.6 Å². The van der Waals surface area contributed by atoms with Crippen LogP contribution >= 0.6 is 0 Å². The minimum absolute atomic E-state index is 0.0759. The summed E-state index contributed by atoms with van der Waals surface area (Å²) in [6, 6.07) is 5.21. The van der Waals surface area contributed by atoms with Crippen molar-refractivity contribution in [3.8, 4) is 5.75 Å². The van der Waals surface area contributed by atoms with Gasteiger partial charge in [0, 0.05) is 12.1 Å². The third-order valence-corrected chi connectivity index (χ3v) is 3.82. The molecule has 5 heteroatoms. The van der Waals surface area contributed by atoms with Gasteiger partial charge in [0.15, 0.2) is 11.6 Å². The monoisotopic (exact) mass is 275 g/mol. The predicted molar refractivity (Wildman–Crippen MR) is 75.8 cm³/mol. The molecule has 2 aromatic rings. The van der Waals surface area contributed by atoms with Gasteiger partial charge in [-0.2, -0.15) is 5.10 Å². The van der Waals surface area contributed by atoms with Gasteiger partial charge in [-0.25, -0.2) is 9.07 Å². The molecule has 0 radical (unpaired) electrons. The van der Waals surface area contributed by atoms with E-state index < -0.39 is 0 Å². The molecule has 1 aromatic carbocycles. The Hall–Kier alpha value is -2.04. The van der Waals surface area contributed by atoms with Gasteiger partial charge < -0.3 is 10.1 Å². The van der Waals surface area contributed by atoms with E-state index in [0.29, 0.717) is 0 Å². The molecule has 3 rings (SSSR count). The number of nitrogens with one attached hydrogen (secondary N) is 1. The van der Waals surface area contributed by atoms with E-state index in [1.807, 2.05) is 16.9 Å². The van der Waals surface area contributed by atoms with Crippen LogP contribution in [0.3, 0.4) is 0 Å². The average Bonchev–Trinajstić information content (AvgIpc) is 2.90. The highest BCUT2D eigenvalue weighted by molar-refractivity contribution is 5.47. The van der Waals surface area contributed by atoms with Crippen LogP contribution in [0.5, 0.6) is 5.75 Å². The first-order valence-corrected chi connectivity index (χ1v) is 6.88. The van der Waals surface area contributed by atoms with E-state index in [4.69, 9.17) is 4.74 Å². The number of benzene rings is 1. The minimum atomic E-state index is -0.326. The molecular weight excluding hydrogens is 257 g/mol. The third-order valence-electron chi connectivity index (χ3n) is 3.82. The second kappa shape index (κ2) is 5.15. The fourth-order valence-electron chi connectivity index (χ4n) is 2.73. The average molecular weight is 275 g/mol. The zero-order valence-corrected chi connectivity index (χ0v) is 11.7. The molecule has 0 aliphatic carbocycles. The lowest BCUT2D eigenvalue weighted by Crippen LogP contribution is -2.25. The van der Waals surface area contributed by atoms with Crippen LogP contribution in [0.1, 0.15) is 30.5 Å². The Morgan fingerprint density at radius 2 is 2.35 bits per heavy atom. The van der Waals surface area contributed by atoms with E-state index in [9.17, 15) is 4.39 Å². The molecule has 0 fully saturated rings. The summed E-state index contributed by atoms with van der Waals surface area (Å²) in [7, 11) is 1.47. The Kier molecular flexibility index (Phi) is 3.34. The molecular formula is C15H18FN3O. The highest BCUT2D eigenvalue weighted by atomic mass is 19.1. The van der Waals surface area contributed by atoms with Crippen LogP contribution in [-0.2, 0) is 6.42 Å². The van der Waals surface area contributed by atoms with Gasteiger partial charge in [0.05, 0.1) is 19.3 Å². The fourth-order valence-corrected chi connectivity index (χ4v) is 2.73. The smallest absolute Gasteiger partial charge is 0.165 e. The van der Waals surface area contributed by atoms with Crippen molar-refractivity contribution in [3.63, 3.8) is 0 Å². The summed E-state index contributed by atoms with van der Waals surface area (Å²) in [5, 5.41) is 7.84. The van der Waals surface area contributed by atoms with Crippen molar-refractivity contribution < 1.29 is 9.13 Å². The summed E-state index contributed by atoms with van der Waals surface area (Å²) in [5.74, 6) is 1.01. The zero-order chi connectivity index (χ0) is 14.1. The van der Waals surface area contributed by atoms with Gasteiger partial charge in [-0.3, -0.25) is 0 Å². The second-order valence-electron chi connectivity index (χ2n) is 4.94. The number of fused-ring (bicyclic) bond motifs is 1. The number of hydrogen-bond acceptors (Lipinski definition) is 3. The normalized spacial score (nSPS) is 17.4. The Balaban J connectivity index is 2.00. The first-order chi connectivity index (χ1) is 9.74. The molecule has 0 saturated heterocycles. The van der Waals surface area contributed by atoms with Crippen molar-refractivity contribution in [2.24, 2.45) is 0 Å². The minimum Gasteiger partial charge on any atom is -0.494 e. The largest absolute Gasteiger partial charge is 0.494 e. The number of nitrogens with zero attached hydrogens (tertiary/aromatic N) is 2. The number of anilines is 1. The summed E-state index contributed by atoms with van der Waals surface area (Å²) in [5.41, 5.74) is 2.13. The Bertz CT molecular complexity index is 624. The van der Waals surface area contributed by atoms with E-state index in [1.165, 1.54) is 12.7 Å². The SMILES string of the molecule is CCc1cnn2c1NCCC2c1ccc(OC)c(F)c1. The standard InChI is InChI=1S/C15H18FN3O/c1-3-10-9-18-19-13(6-7-17-15(10)19)11-4-5-14(20-2)12(16)8-11/h4-5,8-9,13,17H,3,6-7H2,1-2H3. The zero-order valence-electron chi connectivity index (χ0n) is 11.7. The molecule has 0 saturated carbocycles. The van der Waals surface area contributed by atoms with Gasteiger partial charge in [0.25, 0.3) is 0 Å². The summed E-state index contributed by atoms with van der Waals surface area (Å²) in [6.45, 7) is 2.98. The van der Waals surface area contributed by atoms with Crippen LogP contribution in [0, 0.1) is 5.82 Å². The van der Waals surface area contributed by atoms with E-state index in [1.54, 1.807) is 12.1 Å². The maximum absolute atomic E-state index is 13.9. The van der Waals surface area contributed by atoms with Crippen molar-refractivity contribution >= 4 is 5.82 Å². The van der Waals surface area contributed by atoms with E-state index >= 15 is 0 Å². The second-order valence-corrected chi connectivity index (χ2v) is 4.94. The summed E-state index contributed by atoms with van der Waals surface area (Å²) in [6.07, 6.45) is 3.72. The van der Waals surface area contributed by atoms with Crippen LogP contribution in [0.15, 0.2) is 24.4 Å². The molecule has 1 unspecified atom stereocenters. The lowest BCUT2D eigenvalue weighted by Gasteiger charge is -2.27. The molecule has 0 spiro atoms. The molecule has 4 nitrogen and oxygen atoms in total. The third kappa shape index (κ3) is 2.03. The molecule has 1 aliphatic rings. The maximum Gasteiger partial charge on any atom is 0.165 e. The fraction of sp³-hybridized carbons (Fsp3) is 0.400. The number of methoxy groups -OCH3 is 1. The lowest BCUT2D eigenvalue weighted by molar-refractivity contribution is 0.384. The Morgan fingerprint density at radius 3 is 3.05 bits per heavy atom. The first kappa shape index (κ1) is 13.0. The number of hydrogen-bond donors (Lipinski definition) is 1. The highest BCUT2D eigenvalue weighted by Crippen LogP contribution is 2.33. The lowest BCUT2D eigenvalue weighted by atomic mass is 10.0. The van der Waals surface area contributed by atoms with Gasteiger partial charge in [-0.05, 0) is 30.5 Å². The molecule has 20 heavy (non-hydrogen) atoms. The Labute approximate surface area is 117 Å². The van der Waals surface area contributed by atoms with Crippen LogP contribution in [-0.4, -0.2) is 23.4 Å². The van der Waals surface area contributed by atoms with Gasteiger partial charge in [0.2, 0.25) is 0 Å². The highest BCUT2D eigenvalue weighted by Gasteiger charge is 2.24. The Morgan fingerprint density at radius 1 is 1.50 bits per heavy atom. The number of aromatic nitrogens is 2. The number of ether oxygens (including phenoxy) is 1. The van der Waals surface area contributed by atoms with Crippen LogP contribution < -0.4 is 10.1 Å². The summed E-state index contributed by atoms with van der Waals surface area (Å²) < 4.78 is 20.8. The van der Waals surface area contributed by atoms with E-state index in [0.717, 1.165) is 30.8 Å². The molecule has 1 aromatic heterocycles. The van der Waals surface area contributed by atoms with Gasteiger partial charge >= 0.3 is 0 Å². The van der Waals surface area contributed by atoms with Gasteiger partial charge in [-0.15, -0.1) is 0 Å². The van der Waals surface area contributed by atoms with Gasteiger partial charge in [-0.1, -0.05) is 13.0 Å². The van der Waals surface area contributed by atoms with Crippen molar-refractivity contribution in [3.05, 3.63) is 41.3 Å². The molecule has 1 N–H and O–H groups in total. The van der Waals surface area contributed by atoms with Crippen molar-refractivity contribution in [1.29, 1.82) is 0 Å². The topological polar surface area (TPSA) is 39.1 Å². The number of halogens is 1.